The Morgan fingerprint density at radius 1 is 1.35 bits per heavy atom. The second kappa shape index (κ2) is 5.47. The van der Waals surface area contributed by atoms with Crippen LogP contribution < -0.4 is 0 Å². The van der Waals surface area contributed by atoms with Crippen molar-refractivity contribution in [2.75, 3.05) is 39.0 Å². The maximum atomic E-state index is 11.9. The lowest BCUT2D eigenvalue weighted by Crippen LogP contribution is -2.52. The van der Waals surface area contributed by atoms with Crippen molar-refractivity contribution in [3.63, 3.8) is 0 Å². The van der Waals surface area contributed by atoms with Crippen LogP contribution in [0.1, 0.15) is 6.92 Å². The van der Waals surface area contributed by atoms with E-state index in [1.807, 2.05) is 4.90 Å². The van der Waals surface area contributed by atoms with Gasteiger partial charge in [-0.3, -0.25) is 9.69 Å². The maximum Gasteiger partial charge on any atom is 0.240 e. The number of nitriles is 1. The number of nitrogens with zero attached hydrogens (tertiary/aromatic N) is 3. The molecule has 6 nitrogen and oxygen atoms in total. The molecular formula is C10H17N3O3S. The van der Waals surface area contributed by atoms with Gasteiger partial charge in [0.25, 0.3) is 0 Å². The molecule has 0 aromatic carbocycles. The third-order valence-electron chi connectivity index (χ3n) is 2.97. The van der Waals surface area contributed by atoms with Crippen molar-refractivity contribution in [2.45, 2.75) is 12.2 Å². The highest BCUT2D eigenvalue weighted by Crippen LogP contribution is 2.08. The number of sulfone groups is 1. The van der Waals surface area contributed by atoms with Crippen LogP contribution in [0.2, 0.25) is 0 Å². The molecule has 7 heteroatoms. The monoisotopic (exact) mass is 259 g/mol. The lowest BCUT2D eigenvalue weighted by atomic mass is 10.3. The van der Waals surface area contributed by atoms with E-state index in [-0.39, 0.29) is 5.91 Å². The van der Waals surface area contributed by atoms with Gasteiger partial charge in [-0.1, -0.05) is 0 Å². The van der Waals surface area contributed by atoms with Gasteiger partial charge < -0.3 is 4.90 Å². The van der Waals surface area contributed by atoms with Crippen LogP contribution in [0, 0.1) is 11.3 Å². The molecule has 1 aliphatic heterocycles. The standard InChI is InChI=1S/C10H17N3O3S/c1-9(17(2,15)16)10(14)13-7-5-12(4-3-11)6-8-13/h9H,4-8H2,1-2H3. The summed E-state index contributed by atoms with van der Waals surface area (Å²) in [6.07, 6.45) is 1.07. The Kier molecular flexibility index (Phi) is 4.48. The van der Waals surface area contributed by atoms with Crippen LogP contribution in [0.5, 0.6) is 0 Å². The van der Waals surface area contributed by atoms with Crippen LogP contribution in [0.15, 0.2) is 0 Å². The zero-order valence-electron chi connectivity index (χ0n) is 10.1. The second-order valence-electron chi connectivity index (χ2n) is 4.23. The first kappa shape index (κ1) is 13.9. The molecule has 0 aromatic heterocycles. The first-order valence-corrected chi connectivity index (χ1v) is 7.38. The van der Waals surface area contributed by atoms with Crippen LogP contribution in [0.25, 0.3) is 0 Å². The summed E-state index contributed by atoms with van der Waals surface area (Å²) in [7, 11) is -3.33. The summed E-state index contributed by atoms with van der Waals surface area (Å²) < 4.78 is 22.6. The number of carbonyl (C=O) groups is 1. The van der Waals surface area contributed by atoms with Gasteiger partial charge in [0.2, 0.25) is 5.91 Å². The van der Waals surface area contributed by atoms with E-state index in [2.05, 4.69) is 6.07 Å². The fourth-order valence-corrected chi connectivity index (χ4v) is 2.18. The number of hydrogen-bond acceptors (Lipinski definition) is 5. The number of carbonyl (C=O) groups excluding carboxylic acids is 1. The summed E-state index contributed by atoms with van der Waals surface area (Å²) in [6.45, 7) is 3.98. The first-order valence-electron chi connectivity index (χ1n) is 5.43. The second-order valence-corrected chi connectivity index (χ2v) is 6.60. The van der Waals surface area contributed by atoms with Gasteiger partial charge in [0.1, 0.15) is 5.25 Å². The molecule has 0 spiro atoms. The predicted molar refractivity (Wildman–Crippen MR) is 62.9 cm³/mol. The summed E-state index contributed by atoms with van der Waals surface area (Å²) in [5, 5.41) is 7.56. The SMILES string of the molecule is CC(C(=O)N1CCN(CC#N)CC1)S(C)(=O)=O. The molecule has 0 aliphatic carbocycles. The van der Waals surface area contributed by atoms with E-state index in [1.165, 1.54) is 6.92 Å². The highest BCUT2D eigenvalue weighted by molar-refractivity contribution is 7.92. The van der Waals surface area contributed by atoms with Gasteiger partial charge in [0, 0.05) is 32.4 Å². The van der Waals surface area contributed by atoms with E-state index >= 15 is 0 Å². The van der Waals surface area contributed by atoms with E-state index in [0.29, 0.717) is 32.7 Å². The van der Waals surface area contributed by atoms with Crippen molar-refractivity contribution in [3.05, 3.63) is 0 Å². The van der Waals surface area contributed by atoms with Gasteiger partial charge in [-0.05, 0) is 6.92 Å². The summed E-state index contributed by atoms with van der Waals surface area (Å²) >= 11 is 0. The fourth-order valence-electron chi connectivity index (χ4n) is 1.67. The lowest BCUT2D eigenvalue weighted by molar-refractivity contribution is -0.132. The average Bonchev–Trinajstić information content (AvgIpc) is 2.27. The molecule has 1 aliphatic rings. The van der Waals surface area contributed by atoms with Crippen molar-refractivity contribution in [2.24, 2.45) is 0 Å². The highest BCUT2D eigenvalue weighted by atomic mass is 32.2. The minimum Gasteiger partial charge on any atom is -0.339 e. The molecule has 1 rings (SSSR count). The molecule has 1 atom stereocenters. The Morgan fingerprint density at radius 3 is 2.29 bits per heavy atom. The molecule has 1 fully saturated rings. The minimum atomic E-state index is -3.33. The van der Waals surface area contributed by atoms with Crippen molar-refractivity contribution in [1.29, 1.82) is 5.26 Å². The van der Waals surface area contributed by atoms with Crippen molar-refractivity contribution in [3.8, 4) is 6.07 Å². The van der Waals surface area contributed by atoms with Gasteiger partial charge in [-0.2, -0.15) is 5.26 Å². The number of amides is 1. The molecule has 0 N–H and O–H groups in total. The highest BCUT2D eigenvalue weighted by Gasteiger charge is 2.30. The minimum absolute atomic E-state index is 0.343. The molecule has 1 amide bonds. The summed E-state index contributed by atoms with van der Waals surface area (Å²) in [5.41, 5.74) is 0. The fraction of sp³-hybridized carbons (Fsp3) is 0.800. The lowest BCUT2D eigenvalue weighted by Gasteiger charge is -2.34. The molecule has 96 valence electrons. The summed E-state index contributed by atoms with van der Waals surface area (Å²) in [6, 6.07) is 2.06. The van der Waals surface area contributed by atoms with E-state index in [1.54, 1.807) is 4.90 Å². The topological polar surface area (TPSA) is 81.5 Å². The van der Waals surface area contributed by atoms with Gasteiger partial charge in [0.05, 0.1) is 12.6 Å². The summed E-state index contributed by atoms with van der Waals surface area (Å²) in [4.78, 5) is 15.4. The molecular weight excluding hydrogens is 242 g/mol. The number of rotatable bonds is 3. The molecule has 0 saturated carbocycles. The first-order chi connectivity index (χ1) is 7.86. The van der Waals surface area contributed by atoms with E-state index in [0.717, 1.165) is 6.26 Å². The molecule has 1 saturated heterocycles. The third-order valence-corrected chi connectivity index (χ3v) is 4.45. The zero-order valence-corrected chi connectivity index (χ0v) is 10.9. The normalized spacial score (nSPS) is 19.7. The number of piperazine rings is 1. The molecule has 0 bridgehead atoms. The largest absolute Gasteiger partial charge is 0.339 e. The van der Waals surface area contributed by atoms with Crippen molar-refractivity contribution < 1.29 is 13.2 Å². The Balaban J connectivity index is 2.55. The predicted octanol–water partition coefficient (Wildman–Crippen LogP) is -0.913. The van der Waals surface area contributed by atoms with Crippen LogP contribution in [-0.2, 0) is 14.6 Å². The molecule has 0 radical (unpaired) electrons. The van der Waals surface area contributed by atoms with E-state index in [4.69, 9.17) is 5.26 Å². The average molecular weight is 259 g/mol. The van der Waals surface area contributed by atoms with Gasteiger partial charge in [-0.25, -0.2) is 8.42 Å². The Bertz CT molecular complexity index is 419. The van der Waals surface area contributed by atoms with Crippen LogP contribution in [0.3, 0.4) is 0 Å². The zero-order chi connectivity index (χ0) is 13.1. The maximum absolute atomic E-state index is 11.9. The quantitative estimate of drug-likeness (QED) is 0.613. The molecule has 0 aromatic rings. The molecule has 17 heavy (non-hydrogen) atoms. The van der Waals surface area contributed by atoms with Crippen LogP contribution in [0.4, 0.5) is 0 Å². The number of hydrogen-bond donors (Lipinski definition) is 0. The Hall–Kier alpha value is -1.13. The molecule has 1 heterocycles. The van der Waals surface area contributed by atoms with E-state index in [9.17, 15) is 13.2 Å². The van der Waals surface area contributed by atoms with E-state index < -0.39 is 15.1 Å². The summed E-state index contributed by atoms with van der Waals surface area (Å²) in [5.74, 6) is -0.343. The van der Waals surface area contributed by atoms with Gasteiger partial charge in [-0.15, -0.1) is 0 Å². The smallest absolute Gasteiger partial charge is 0.240 e. The van der Waals surface area contributed by atoms with Crippen molar-refractivity contribution >= 4 is 15.7 Å². The Morgan fingerprint density at radius 2 is 1.88 bits per heavy atom. The van der Waals surface area contributed by atoms with Gasteiger partial charge in [0.15, 0.2) is 9.84 Å². The molecule has 1 unspecified atom stereocenters. The van der Waals surface area contributed by atoms with Crippen molar-refractivity contribution in [1.82, 2.24) is 9.80 Å². The van der Waals surface area contributed by atoms with Crippen LogP contribution in [-0.4, -0.2) is 68.4 Å². The Labute approximate surface area is 102 Å². The van der Waals surface area contributed by atoms with Crippen LogP contribution >= 0.6 is 0 Å². The third kappa shape index (κ3) is 3.68. The van der Waals surface area contributed by atoms with Gasteiger partial charge >= 0.3 is 0 Å².